The Balaban J connectivity index is 1.50. The van der Waals surface area contributed by atoms with Crippen LogP contribution >= 0.6 is 11.8 Å². The molecule has 3 saturated carbocycles. The normalized spacial score (nSPS) is 19.1. The molecule has 0 radical (unpaired) electrons. The lowest BCUT2D eigenvalue weighted by Crippen LogP contribution is -2.32. The van der Waals surface area contributed by atoms with Crippen LogP contribution in [0, 0.1) is 0 Å². The van der Waals surface area contributed by atoms with Crippen LogP contribution in [0.15, 0.2) is 44.9 Å². The zero-order valence-electron chi connectivity index (χ0n) is 17.4. The fraction of sp³-hybridized carbons (Fsp3) is 0.435. The van der Waals surface area contributed by atoms with Gasteiger partial charge in [0.25, 0.3) is 5.56 Å². The molecule has 0 saturated heterocycles. The van der Waals surface area contributed by atoms with Gasteiger partial charge >= 0.3 is 5.69 Å². The smallest absolute Gasteiger partial charge is 0.330 e. The fourth-order valence-corrected chi connectivity index (χ4v) is 5.07. The Bertz CT molecular complexity index is 1320. The van der Waals surface area contributed by atoms with Crippen molar-refractivity contribution in [3.63, 3.8) is 0 Å². The molecule has 0 spiro atoms. The van der Waals surface area contributed by atoms with Crippen molar-refractivity contribution in [1.29, 1.82) is 0 Å². The van der Waals surface area contributed by atoms with E-state index < -0.39 is 16.5 Å². The second kappa shape index (κ2) is 7.58. The van der Waals surface area contributed by atoms with Gasteiger partial charge in [-0.1, -0.05) is 42.1 Å². The number of hydrogen-bond acceptors (Lipinski definition) is 6. The summed E-state index contributed by atoms with van der Waals surface area (Å²) >= 11 is 1.27. The summed E-state index contributed by atoms with van der Waals surface area (Å²) in [6.45, 7) is 0. The highest BCUT2D eigenvalue weighted by molar-refractivity contribution is 8.00. The third kappa shape index (κ3) is 3.74. The number of carbonyl (C=O) groups excluding carboxylic acids is 1. The van der Waals surface area contributed by atoms with Gasteiger partial charge in [0, 0.05) is 18.0 Å². The molecule has 8 nitrogen and oxygen atoms in total. The Morgan fingerprint density at radius 1 is 1.06 bits per heavy atom. The molecule has 3 aliphatic carbocycles. The number of amides is 1. The highest BCUT2D eigenvalue weighted by atomic mass is 32.2. The number of aromatic nitrogens is 4. The lowest BCUT2D eigenvalue weighted by atomic mass is 10.1. The first kappa shape index (κ1) is 19.7. The van der Waals surface area contributed by atoms with Crippen LogP contribution < -0.4 is 16.6 Å². The summed E-state index contributed by atoms with van der Waals surface area (Å²) in [4.78, 5) is 50.6. The molecular formula is C23H23N5O3S. The first-order chi connectivity index (χ1) is 15.6. The van der Waals surface area contributed by atoms with Crippen molar-refractivity contribution in [2.75, 3.05) is 0 Å². The molecule has 1 amide bonds. The first-order valence-electron chi connectivity index (χ1n) is 11.2. The zero-order valence-corrected chi connectivity index (χ0v) is 18.2. The van der Waals surface area contributed by atoms with Crippen molar-refractivity contribution < 1.29 is 4.79 Å². The number of nitrogens with zero attached hydrogens (tertiary/aromatic N) is 3. The van der Waals surface area contributed by atoms with Crippen LogP contribution in [0.25, 0.3) is 11.0 Å². The van der Waals surface area contributed by atoms with Gasteiger partial charge in [-0.25, -0.2) is 14.8 Å². The van der Waals surface area contributed by atoms with E-state index in [1.54, 1.807) is 4.57 Å². The Kier molecular flexibility index (Phi) is 4.67. The van der Waals surface area contributed by atoms with Crippen LogP contribution in [0.1, 0.15) is 67.1 Å². The van der Waals surface area contributed by atoms with Crippen LogP contribution in [-0.4, -0.2) is 31.5 Å². The molecule has 6 rings (SSSR count). The minimum Gasteiger partial charge on any atom is -0.352 e. The number of thioether (sulfide) groups is 1. The van der Waals surface area contributed by atoms with E-state index in [4.69, 9.17) is 4.98 Å². The first-order valence-corrected chi connectivity index (χ1v) is 12.0. The molecule has 2 aromatic heterocycles. The second-order valence-electron chi connectivity index (χ2n) is 8.91. The van der Waals surface area contributed by atoms with Crippen LogP contribution in [0.5, 0.6) is 0 Å². The molecule has 2 heterocycles. The van der Waals surface area contributed by atoms with Gasteiger partial charge in [0.1, 0.15) is 21.5 Å². The van der Waals surface area contributed by atoms with Crippen LogP contribution in [0.3, 0.4) is 0 Å². The minimum absolute atomic E-state index is 0.0599. The molecule has 1 unspecified atom stereocenters. The summed E-state index contributed by atoms with van der Waals surface area (Å²) in [5, 5.41) is 3.30. The molecule has 0 bridgehead atoms. The van der Waals surface area contributed by atoms with E-state index in [-0.39, 0.29) is 23.9 Å². The van der Waals surface area contributed by atoms with Crippen LogP contribution in [0.2, 0.25) is 0 Å². The number of hydrogen-bond donors (Lipinski definition) is 2. The van der Waals surface area contributed by atoms with E-state index in [0.29, 0.717) is 21.9 Å². The summed E-state index contributed by atoms with van der Waals surface area (Å²) in [6.07, 6.45) is 5.76. The number of aromatic amines is 1. The maximum atomic E-state index is 13.2. The summed E-state index contributed by atoms with van der Waals surface area (Å²) in [7, 11) is 0. The average molecular weight is 450 g/mol. The number of H-pyrrole nitrogens is 1. The molecule has 1 atom stereocenters. The van der Waals surface area contributed by atoms with Gasteiger partial charge in [-0.3, -0.25) is 19.1 Å². The molecule has 3 aliphatic rings. The molecule has 164 valence electrons. The van der Waals surface area contributed by atoms with Gasteiger partial charge in [-0.15, -0.1) is 0 Å². The topological polar surface area (TPSA) is 110 Å². The standard InChI is InChI=1S/C23H23N5O3S/c29-20-16-19(28(15-10-11-15)23(31)27-20)25-18(13-6-7-13)26-22(16)32-17(12-4-2-1-3-5-12)21(30)24-14-8-9-14/h1-5,13-15,17H,6-11H2,(H,24,30)(H,27,29,31). The van der Waals surface area contributed by atoms with Crippen molar-refractivity contribution in [3.8, 4) is 0 Å². The molecule has 3 aromatic rings. The van der Waals surface area contributed by atoms with Gasteiger partial charge in [0.15, 0.2) is 5.65 Å². The quantitative estimate of drug-likeness (QED) is 0.424. The van der Waals surface area contributed by atoms with E-state index in [1.165, 1.54) is 11.8 Å². The maximum Gasteiger partial charge on any atom is 0.330 e. The lowest BCUT2D eigenvalue weighted by Gasteiger charge is -2.18. The predicted molar refractivity (Wildman–Crippen MR) is 121 cm³/mol. The van der Waals surface area contributed by atoms with Crippen molar-refractivity contribution in [2.24, 2.45) is 0 Å². The zero-order chi connectivity index (χ0) is 21.8. The highest BCUT2D eigenvalue weighted by Gasteiger charge is 2.34. The monoisotopic (exact) mass is 449 g/mol. The van der Waals surface area contributed by atoms with Crippen molar-refractivity contribution >= 4 is 28.7 Å². The third-order valence-corrected chi connectivity index (χ3v) is 7.36. The number of nitrogens with one attached hydrogen (secondary N) is 2. The number of rotatable bonds is 7. The SMILES string of the molecule is O=C(NC1CC1)C(Sc1nc(C2CC2)nc2c1c(=O)[nH]c(=O)n2C1CC1)c1ccccc1. The van der Waals surface area contributed by atoms with Gasteiger partial charge in [0.2, 0.25) is 5.91 Å². The summed E-state index contributed by atoms with van der Waals surface area (Å²) in [6, 6.07) is 9.83. The van der Waals surface area contributed by atoms with Gasteiger partial charge in [-0.2, -0.15) is 0 Å². The number of benzene rings is 1. The molecule has 2 N–H and O–H groups in total. The predicted octanol–water partition coefficient (Wildman–Crippen LogP) is 2.80. The second-order valence-corrected chi connectivity index (χ2v) is 10.0. The minimum atomic E-state index is -0.553. The summed E-state index contributed by atoms with van der Waals surface area (Å²) in [5.41, 5.74) is 0.325. The fourth-order valence-electron chi connectivity index (χ4n) is 3.93. The molecule has 32 heavy (non-hydrogen) atoms. The van der Waals surface area contributed by atoms with Crippen LogP contribution in [0.4, 0.5) is 0 Å². The van der Waals surface area contributed by atoms with Crippen LogP contribution in [-0.2, 0) is 4.79 Å². The van der Waals surface area contributed by atoms with Crippen molar-refractivity contribution in [1.82, 2.24) is 24.8 Å². The highest BCUT2D eigenvalue weighted by Crippen LogP contribution is 2.43. The molecular weight excluding hydrogens is 426 g/mol. The average Bonchev–Trinajstić information content (AvgIpc) is 3.61. The summed E-state index contributed by atoms with van der Waals surface area (Å²) < 4.78 is 1.61. The Morgan fingerprint density at radius 3 is 2.47 bits per heavy atom. The Labute approximate surface area is 187 Å². The number of fused-ring (bicyclic) bond motifs is 1. The lowest BCUT2D eigenvalue weighted by molar-refractivity contribution is -0.120. The van der Waals surface area contributed by atoms with Crippen molar-refractivity contribution in [3.05, 3.63) is 62.6 Å². The maximum absolute atomic E-state index is 13.2. The van der Waals surface area contributed by atoms with E-state index >= 15 is 0 Å². The molecule has 9 heteroatoms. The summed E-state index contributed by atoms with van der Waals surface area (Å²) in [5.74, 6) is 0.820. The Morgan fingerprint density at radius 2 is 1.81 bits per heavy atom. The third-order valence-electron chi connectivity index (χ3n) is 6.12. The molecule has 3 fully saturated rings. The van der Waals surface area contributed by atoms with Gasteiger partial charge < -0.3 is 5.32 Å². The van der Waals surface area contributed by atoms with E-state index in [1.807, 2.05) is 30.3 Å². The van der Waals surface area contributed by atoms with Gasteiger partial charge in [-0.05, 0) is 44.1 Å². The van der Waals surface area contributed by atoms with E-state index in [9.17, 15) is 14.4 Å². The van der Waals surface area contributed by atoms with E-state index in [0.717, 1.165) is 44.1 Å². The Hall–Kier alpha value is -2.94. The molecule has 1 aromatic carbocycles. The number of carbonyl (C=O) groups is 1. The van der Waals surface area contributed by atoms with Crippen molar-refractivity contribution in [2.45, 2.75) is 66.8 Å². The largest absolute Gasteiger partial charge is 0.352 e. The van der Waals surface area contributed by atoms with Gasteiger partial charge in [0.05, 0.1) is 0 Å². The van der Waals surface area contributed by atoms with E-state index in [2.05, 4.69) is 15.3 Å². The molecule has 0 aliphatic heterocycles.